The molecule has 0 radical (unpaired) electrons. The zero-order valence-electron chi connectivity index (χ0n) is 11.8. The van der Waals surface area contributed by atoms with Crippen LogP contribution in [0.4, 0.5) is 18.9 Å². The molecular weight excluding hydrogens is 279 g/mol. The minimum absolute atomic E-state index is 0.0688. The summed E-state index contributed by atoms with van der Waals surface area (Å²) >= 11 is 0. The van der Waals surface area contributed by atoms with Crippen LogP contribution in [0.25, 0.3) is 0 Å². The minimum Gasteiger partial charge on any atom is -0.488 e. The first-order valence-electron chi connectivity index (χ1n) is 6.43. The molecule has 2 aromatic carbocycles. The van der Waals surface area contributed by atoms with E-state index in [-0.39, 0.29) is 17.9 Å². The van der Waals surface area contributed by atoms with Crippen molar-refractivity contribution in [1.82, 2.24) is 0 Å². The molecule has 0 heterocycles. The topological polar surface area (TPSA) is 35.2 Å². The van der Waals surface area contributed by atoms with Gasteiger partial charge in [-0.25, -0.2) is 0 Å². The number of aryl methyl sites for hydroxylation is 2. The summed E-state index contributed by atoms with van der Waals surface area (Å²) in [6, 6.07) is 9.32. The van der Waals surface area contributed by atoms with E-state index in [1.165, 1.54) is 12.1 Å². The number of alkyl halides is 3. The maximum Gasteiger partial charge on any atom is 0.416 e. The molecule has 112 valence electrons. The van der Waals surface area contributed by atoms with Crippen molar-refractivity contribution in [3.8, 4) is 5.75 Å². The predicted molar refractivity (Wildman–Crippen MR) is 76.1 cm³/mol. The second-order valence-corrected chi connectivity index (χ2v) is 4.92. The summed E-state index contributed by atoms with van der Waals surface area (Å²) in [5.41, 5.74) is 6.61. The Morgan fingerprint density at radius 3 is 2.24 bits per heavy atom. The maximum absolute atomic E-state index is 13.0. The molecule has 2 rings (SSSR count). The monoisotopic (exact) mass is 295 g/mol. The van der Waals surface area contributed by atoms with Crippen LogP contribution < -0.4 is 10.5 Å². The molecule has 0 aromatic heterocycles. The normalized spacial score (nSPS) is 11.5. The molecule has 0 aliphatic heterocycles. The zero-order valence-corrected chi connectivity index (χ0v) is 11.8. The Hall–Kier alpha value is -2.17. The third-order valence-electron chi connectivity index (χ3n) is 3.22. The molecule has 5 heteroatoms. The SMILES string of the molecule is Cc1cccc(C)c1OCc1ccc(N)cc1C(F)(F)F. The summed E-state index contributed by atoms with van der Waals surface area (Å²) in [4.78, 5) is 0. The first-order valence-corrected chi connectivity index (χ1v) is 6.43. The van der Waals surface area contributed by atoms with Gasteiger partial charge >= 0.3 is 6.18 Å². The van der Waals surface area contributed by atoms with E-state index in [0.717, 1.165) is 17.2 Å². The lowest BCUT2D eigenvalue weighted by atomic mass is 10.1. The highest BCUT2D eigenvalue weighted by Crippen LogP contribution is 2.34. The molecule has 2 N–H and O–H groups in total. The van der Waals surface area contributed by atoms with Crippen molar-refractivity contribution in [3.05, 3.63) is 58.7 Å². The Labute approximate surface area is 121 Å². The Balaban J connectivity index is 2.29. The molecule has 0 bridgehead atoms. The van der Waals surface area contributed by atoms with Crippen molar-refractivity contribution < 1.29 is 17.9 Å². The van der Waals surface area contributed by atoms with Gasteiger partial charge in [0.15, 0.2) is 0 Å². The molecule has 0 amide bonds. The molecule has 0 saturated carbocycles. The fourth-order valence-electron chi connectivity index (χ4n) is 2.16. The molecule has 0 fully saturated rings. The fraction of sp³-hybridized carbons (Fsp3) is 0.250. The summed E-state index contributed by atoms with van der Waals surface area (Å²) < 4.78 is 44.6. The van der Waals surface area contributed by atoms with Gasteiger partial charge in [0.2, 0.25) is 0 Å². The van der Waals surface area contributed by atoms with Crippen molar-refractivity contribution in [2.24, 2.45) is 0 Å². The van der Waals surface area contributed by atoms with Gasteiger partial charge in [0, 0.05) is 11.3 Å². The first kappa shape index (κ1) is 15.2. The summed E-state index contributed by atoms with van der Waals surface area (Å²) in [5, 5.41) is 0. The second-order valence-electron chi connectivity index (χ2n) is 4.92. The van der Waals surface area contributed by atoms with E-state index in [4.69, 9.17) is 10.5 Å². The van der Waals surface area contributed by atoms with E-state index >= 15 is 0 Å². The number of anilines is 1. The molecule has 0 aliphatic carbocycles. The molecular formula is C16H16F3NO. The van der Waals surface area contributed by atoms with Crippen molar-refractivity contribution in [1.29, 1.82) is 0 Å². The van der Waals surface area contributed by atoms with Crippen molar-refractivity contribution in [2.45, 2.75) is 26.6 Å². The van der Waals surface area contributed by atoms with Crippen LogP contribution in [-0.4, -0.2) is 0 Å². The van der Waals surface area contributed by atoms with E-state index in [2.05, 4.69) is 0 Å². The van der Waals surface area contributed by atoms with Crippen LogP contribution in [0, 0.1) is 13.8 Å². The second kappa shape index (κ2) is 5.68. The quantitative estimate of drug-likeness (QED) is 0.847. The molecule has 0 atom stereocenters. The van der Waals surface area contributed by atoms with Gasteiger partial charge in [0.05, 0.1) is 5.56 Å². The summed E-state index contributed by atoms with van der Waals surface area (Å²) in [7, 11) is 0. The molecule has 0 saturated heterocycles. The standard InChI is InChI=1S/C16H16F3NO/c1-10-4-3-5-11(2)15(10)21-9-12-6-7-13(20)8-14(12)16(17,18)19/h3-8H,9,20H2,1-2H3. The third kappa shape index (κ3) is 3.48. The lowest BCUT2D eigenvalue weighted by Crippen LogP contribution is -2.12. The molecule has 2 nitrogen and oxygen atoms in total. The van der Waals surface area contributed by atoms with Crippen LogP contribution in [0.1, 0.15) is 22.3 Å². The number of nitrogens with two attached hydrogens (primary N) is 1. The number of para-hydroxylation sites is 1. The highest BCUT2D eigenvalue weighted by atomic mass is 19.4. The van der Waals surface area contributed by atoms with Crippen LogP contribution in [0.2, 0.25) is 0 Å². The number of hydrogen-bond acceptors (Lipinski definition) is 2. The van der Waals surface area contributed by atoms with Crippen LogP contribution in [0.5, 0.6) is 5.75 Å². The number of rotatable bonds is 3. The van der Waals surface area contributed by atoms with E-state index in [9.17, 15) is 13.2 Å². The minimum atomic E-state index is -4.45. The Bertz CT molecular complexity index is 630. The average molecular weight is 295 g/mol. The highest BCUT2D eigenvalue weighted by Gasteiger charge is 2.33. The van der Waals surface area contributed by atoms with Gasteiger partial charge in [-0.2, -0.15) is 13.2 Å². The van der Waals surface area contributed by atoms with Crippen LogP contribution in [0.3, 0.4) is 0 Å². The summed E-state index contributed by atoms with van der Waals surface area (Å²) in [6.45, 7) is 3.56. The number of nitrogen functional groups attached to an aromatic ring is 1. The number of hydrogen-bond donors (Lipinski definition) is 1. The Morgan fingerprint density at radius 2 is 1.67 bits per heavy atom. The van der Waals surface area contributed by atoms with E-state index in [0.29, 0.717) is 5.75 Å². The van der Waals surface area contributed by atoms with E-state index in [1.54, 1.807) is 0 Å². The fourth-order valence-corrected chi connectivity index (χ4v) is 2.16. The number of benzene rings is 2. The van der Waals surface area contributed by atoms with Crippen molar-refractivity contribution >= 4 is 5.69 Å². The predicted octanol–water partition coefficient (Wildman–Crippen LogP) is 4.48. The van der Waals surface area contributed by atoms with E-state index < -0.39 is 11.7 Å². The van der Waals surface area contributed by atoms with Crippen molar-refractivity contribution in [3.63, 3.8) is 0 Å². The molecule has 0 aliphatic rings. The maximum atomic E-state index is 13.0. The lowest BCUT2D eigenvalue weighted by Gasteiger charge is -2.16. The van der Waals surface area contributed by atoms with Crippen LogP contribution >= 0.6 is 0 Å². The van der Waals surface area contributed by atoms with Gasteiger partial charge in [0.25, 0.3) is 0 Å². The van der Waals surface area contributed by atoms with Gasteiger partial charge in [0.1, 0.15) is 12.4 Å². The molecule has 21 heavy (non-hydrogen) atoms. The van der Waals surface area contributed by atoms with Crippen LogP contribution in [0.15, 0.2) is 36.4 Å². The third-order valence-corrected chi connectivity index (χ3v) is 3.22. The van der Waals surface area contributed by atoms with Gasteiger partial charge in [-0.15, -0.1) is 0 Å². The van der Waals surface area contributed by atoms with Crippen molar-refractivity contribution in [2.75, 3.05) is 5.73 Å². The molecule has 0 unspecified atom stereocenters. The number of ether oxygens (including phenoxy) is 1. The average Bonchev–Trinajstić information content (AvgIpc) is 2.38. The summed E-state index contributed by atoms with van der Waals surface area (Å²) in [5.74, 6) is 0.613. The number of halogens is 3. The smallest absolute Gasteiger partial charge is 0.416 e. The van der Waals surface area contributed by atoms with Gasteiger partial charge in [-0.05, 0) is 37.1 Å². The van der Waals surface area contributed by atoms with Gasteiger partial charge in [-0.1, -0.05) is 24.3 Å². The zero-order chi connectivity index (χ0) is 15.6. The first-order chi connectivity index (χ1) is 9.79. The van der Waals surface area contributed by atoms with E-state index in [1.807, 2.05) is 32.0 Å². The highest BCUT2D eigenvalue weighted by molar-refractivity contribution is 5.46. The summed E-state index contributed by atoms with van der Waals surface area (Å²) in [6.07, 6.45) is -4.45. The Kier molecular flexibility index (Phi) is 4.11. The largest absolute Gasteiger partial charge is 0.488 e. The molecule has 0 spiro atoms. The van der Waals surface area contributed by atoms with Gasteiger partial charge in [-0.3, -0.25) is 0 Å². The van der Waals surface area contributed by atoms with Gasteiger partial charge < -0.3 is 10.5 Å². The lowest BCUT2D eigenvalue weighted by molar-refractivity contribution is -0.138. The van der Waals surface area contributed by atoms with Crippen LogP contribution in [-0.2, 0) is 12.8 Å². The molecule has 2 aromatic rings. The Morgan fingerprint density at radius 1 is 1.05 bits per heavy atom.